The van der Waals surface area contributed by atoms with Crippen molar-refractivity contribution in [3.8, 4) is 17.7 Å². The Balaban J connectivity index is 1.68. The first-order valence-electron chi connectivity index (χ1n) is 9.17. The summed E-state index contributed by atoms with van der Waals surface area (Å²) in [5.41, 5.74) is 5.86. The number of guanidine groups is 1. The average Bonchev–Trinajstić information content (AvgIpc) is 2.71. The van der Waals surface area contributed by atoms with Gasteiger partial charge in [0.1, 0.15) is 17.8 Å². The number of carbonyl (C=O) groups is 2. The Labute approximate surface area is 173 Å². The maximum Gasteiger partial charge on any atom is 0.275 e. The number of nitrogens with one attached hydrogen (secondary N) is 2. The minimum absolute atomic E-state index is 0.0318. The van der Waals surface area contributed by atoms with Crippen LogP contribution in [-0.4, -0.2) is 39.3 Å². The third kappa shape index (κ3) is 5.08. The van der Waals surface area contributed by atoms with Crippen molar-refractivity contribution in [3.05, 3.63) is 42.1 Å². The largest absolute Gasteiger partial charge is 0.476 e. The first kappa shape index (κ1) is 20.7. The highest BCUT2D eigenvalue weighted by Gasteiger charge is 2.34. The lowest BCUT2D eigenvalue weighted by atomic mass is 9.92. The minimum Gasteiger partial charge on any atom is -0.476 e. The molecule has 1 atom stereocenters. The quantitative estimate of drug-likeness (QED) is 0.478. The summed E-state index contributed by atoms with van der Waals surface area (Å²) in [4.78, 5) is 41.1. The first-order chi connectivity index (χ1) is 14.4. The van der Waals surface area contributed by atoms with Gasteiger partial charge in [-0.25, -0.2) is 15.0 Å². The molecular formula is C20H21N7O3. The Morgan fingerprint density at radius 2 is 2.20 bits per heavy atom. The number of nitrogens with zero attached hydrogens (tertiary/aromatic N) is 4. The number of anilines is 1. The van der Waals surface area contributed by atoms with Crippen molar-refractivity contribution in [1.82, 2.24) is 20.3 Å². The highest BCUT2D eigenvalue weighted by Crippen LogP contribution is 2.30. The third-order valence-electron chi connectivity index (χ3n) is 4.22. The number of amides is 2. The number of carbonyl (C=O) groups excluding carboxylic acids is 2. The van der Waals surface area contributed by atoms with Gasteiger partial charge in [-0.2, -0.15) is 0 Å². The molecule has 1 aliphatic rings. The molecule has 0 radical (unpaired) electrons. The van der Waals surface area contributed by atoms with E-state index in [1.807, 2.05) is 0 Å². The maximum absolute atomic E-state index is 12.5. The average molecular weight is 407 g/mol. The lowest BCUT2D eigenvalue weighted by molar-refractivity contribution is -0.121. The van der Waals surface area contributed by atoms with Crippen LogP contribution >= 0.6 is 0 Å². The van der Waals surface area contributed by atoms with Crippen LogP contribution in [0.25, 0.3) is 0 Å². The maximum atomic E-state index is 12.5. The van der Waals surface area contributed by atoms with Crippen LogP contribution in [0.4, 0.5) is 5.69 Å². The minimum atomic E-state index is -0.923. The molecule has 10 heteroatoms. The van der Waals surface area contributed by atoms with Gasteiger partial charge < -0.3 is 15.8 Å². The van der Waals surface area contributed by atoms with E-state index >= 15 is 0 Å². The van der Waals surface area contributed by atoms with Crippen molar-refractivity contribution in [2.45, 2.75) is 32.2 Å². The zero-order chi connectivity index (χ0) is 21.6. The van der Waals surface area contributed by atoms with Gasteiger partial charge in [0.05, 0.1) is 24.5 Å². The topological polar surface area (TPSA) is 144 Å². The molecule has 2 aromatic rings. The van der Waals surface area contributed by atoms with Crippen LogP contribution in [0, 0.1) is 11.8 Å². The molecule has 0 spiro atoms. The monoisotopic (exact) mass is 407 g/mol. The fraction of sp³-hybridized carbons (Fsp3) is 0.300. The Morgan fingerprint density at radius 3 is 2.90 bits per heavy atom. The van der Waals surface area contributed by atoms with Gasteiger partial charge in [-0.1, -0.05) is 0 Å². The molecule has 0 aromatic carbocycles. The molecule has 0 fully saturated rings. The molecule has 2 aromatic heterocycles. The fourth-order valence-electron chi connectivity index (χ4n) is 2.82. The van der Waals surface area contributed by atoms with Crippen LogP contribution in [-0.2, 0) is 10.3 Å². The number of ether oxygens (including phenoxy) is 1. The molecule has 1 aliphatic heterocycles. The van der Waals surface area contributed by atoms with Crippen molar-refractivity contribution < 1.29 is 14.3 Å². The number of rotatable bonds is 6. The Bertz CT molecular complexity index is 1040. The Hall–Kier alpha value is -4.00. The van der Waals surface area contributed by atoms with E-state index in [-0.39, 0.29) is 24.0 Å². The smallest absolute Gasteiger partial charge is 0.275 e. The molecule has 3 rings (SSSR count). The van der Waals surface area contributed by atoms with Crippen LogP contribution in [0.5, 0.6) is 5.88 Å². The number of hydrogen-bond donors (Lipinski definition) is 3. The zero-order valence-electron chi connectivity index (χ0n) is 16.6. The number of aromatic nitrogens is 3. The molecule has 0 saturated heterocycles. The summed E-state index contributed by atoms with van der Waals surface area (Å²) in [6, 6.07) is 3.27. The van der Waals surface area contributed by atoms with Gasteiger partial charge in [-0.05, 0) is 26.0 Å². The highest BCUT2D eigenvalue weighted by molar-refractivity contribution is 6.02. The summed E-state index contributed by atoms with van der Waals surface area (Å²) in [6.45, 7) is 3.90. The molecule has 154 valence electrons. The van der Waals surface area contributed by atoms with Gasteiger partial charge in [-0.3, -0.25) is 19.9 Å². The number of pyridine rings is 1. The summed E-state index contributed by atoms with van der Waals surface area (Å²) < 4.78 is 5.40. The van der Waals surface area contributed by atoms with Gasteiger partial charge >= 0.3 is 0 Å². The van der Waals surface area contributed by atoms with Crippen molar-refractivity contribution in [3.63, 3.8) is 0 Å². The van der Waals surface area contributed by atoms with Crippen molar-refractivity contribution >= 4 is 23.5 Å². The highest BCUT2D eigenvalue weighted by atomic mass is 16.5. The second-order valence-corrected chi connectivity index (χ2v) is 6.64. The lowest BCUT2D eigenvalue weighted by Gasteiger charge is -2.28. The van der Waals surface area contributed by atoms with Crippen molar-refractivity contribution in [2.24, 2.45) is 10.7 Å². The lowest BCUT2D eigenvalue weighted by Crippen LogP contribution is -2.46. The van der Waals surface area contributed by atoms with E-state index < -0.39 is 11.4 Å². The van der Waals surface area contributed by atoms with Crippen LogP contribution < -0.4 is 21.1 Å². The molecule has 30 heavy (non-hydrogen) atoms. The normalized spacial score (nSPS) is 17.8. The van der Waals surface area contributed by atoms with Crippen LogP contribution in [0.1, 0.15) is 42.9 Å². The van der Waals surface area contributed by atoms with E-state index in [2.05, 4.69) is 42.4 Å². The van der Waals surface area contributed by atoms with Gasteiger partial charge in [0, 0.05) is 18.3 Å². The summed E-state index contributed by atoms with van der Waals surface area (Å²) in [7, 11) is 0. The SMILES string of the molecule is CC#CCCOc1cnc(C(=O)Nc2ccnc(C3(C)CC(=O)NC(N)=N3)c2)cn1. The van der Waals surface area contributed by atoms with Crippen molar-refractivity contribution in [1.29, 1.82) is 0 Å². The molecule has 10 nitrogen and oxygen atoms in total. The fourth-order valence-corrected chi connectivity index (χ4v) is 2.82. The molecule has 0 saturated carbocycles. The van der Waals surface area contributed by atoms with Crippen molar-refractivity contribution in [2.75, 3.05) is 11.9 Å². The van der Waals surface area contributed by atoms with Gasteiger partial charge in [-0.15, -0.1) is 11.8 Å². The number of nitrogens with two attached hydrogens (primary N) is 1. The van der Waals surface area contributed by atoms with Gasteiger partial charge in [0.25, 0.3) is 5.91 Å². The van der Waals surface area contributed by atoms with Crippen LogP contribution in [0.15, 0.2) is 35.7 Å². The van der Waals surface area contributed by atoms with Gasteiger partial charge in [0.15, 0.2) is 5.96 Å². The van der Waals surface area contributed by atoms with Crippen LogP contribution in [0.2, 0.25) is 0 Å². The molecule has 3 heterocycles. The summed E-state index contributed by atoms with van der Waals surface area (Å²) in [5, 5.41) is 5.19. The molecule has 4 N–H and O–H groups in total. The summed E-state index contributed by atoms with van der Waals surface area (Å²) in [6.07, 6.45) is 4.91. The zero-order valence-corrected chi connectivity index (χ0v) is 16.6. The van der Waals surface area contributed by atoms with E-state index in [1.165, 1.54) is 18.6 Å². The Morgan fingerprint density at radius 1 is 1.37 bits per heavy atom. The summed E-state index contributed by atoms with van der Waals surface area (Å²) in [5.74, 6) is 5.31. The van der Waals surface area contributed by atoms with E-state index in [0.29, 0.717) is 30.3 Å². The molecule has 0 aliphatic carbocycles. The predicted molar refractivity (Wildman–Crippen MR) is 110 cm³/mol. The van der Waals surface area contributed by atoms with E-state index in [4.69, 9.17) is 10.5 Å². The molecule has 1 unspecified atom stereocenters. The summed E-state index contributed by atoms with van der Waals surface area (Å²) >= 11 is 0. The number of hydrogen-bond acceptors (Lipinski definition) is 8. The van der Waals surface area contributed by atoms with Gasteiger partial charge in [0.2, 0.25) is 11.8 Å². The predicted octanol–water partition coefficient (Wildman–Crippen LogP) is 0.966. The van der Waals surface area contributed by atoms with E-state index in [0.717, 1.165) is 0 Å². The Kier molecular flexibility index (Phi) is 6.22. The standard InChI is InChI=1S/C20H21N7O3/c1-3-4-5-8-30-17-12-23-14(11-24-17)18(29)25-13-6-7-22-15(9-13)20(2)10-16(28)26-19(21)27-20/h6-7,9,11-12H,5,8,10H2,1-2H3,(H,22,25,29)(H3,21,26,27,28). The second-order valence-electron chi connectivity index (χ2n) is 6.64. The molecule has 0 bridgehead atoms. The van der Waals surface area contributed by atoms with Crippen LogP contribution in [0.3, 0.4) is 0 Å². The van der Waals surface area contributed by atoms with E-state index in [9.17, 15) is 9.59 Å². The molecule has 2 amide bonds. The molecular weight excluding hydrogens is 386 g/mol. The number of aliphatic imine (C=N–C) groups is 1. The first-order valence-corrected chi connectivity index (χ1v) is 9.17. The van der Waals surface area contributed by atoms with E-state index in [1.54, 1.807) is 26.0 Å². The third-order valence-corrected chi connectivity index (χ3v) is 4.22. The second kappa shape index (κ2) is 9.00.